The molecule has 1 heterocycles. The van der Waals surface area contributed by atoms with E-state index in [1.54, 1.807) is 24.0 Å². The minimum Gasteiger partial charge on any atom is -0.348 e. The summed E-state index contributed by atoms with van der Waals surface area (Å²) in [6.07, 6.45) is 5.74. The lowest BCUT2D eigenvalue weighted by molar-refractivity contribution is 0.0937. The highest BCUT2D eigenvalue weighted by Gasteiger charge is 2.28. The number of nitrogens with one attached hydrogen (secondary N) is 1. The summed E-state index contributed by atoms with van der Waals surface area (Å²) in [6, 6.07) is 0.0919. The van der Waals surface area contributed by atoms with Crippen LogP contribution in [0.5, 0.6) is 0 Å². The maximum absolute atomic E-state index is 11.6. The lowest BCUT2D eigenvalue weighted by atomic mass is 10.2. The van der Waals surface area contributed by atoms with E-state index in [0.717, 1.165) is 0 Å². The minimum absolute atomic E-state index is 0.0919. The molecule has 1 amide bonds. The van der Waals surface area contributed by atoms with E-state index in [-0.39, 0.29) is 11.9 Å². The summed E-state index contributed by atoms with van der Waals surface area (Å²) in [5.41, 5.74) is 5.88. The van der Waals surface area contributed by atoms with Crippen LogP contribution in [0.1, 0.15) is 23.5 Å². The van der Waals surface area contributed by atoms with Gasteiger partial charge in [-0.2, -0.15) is 0 Å². The van der Waals surface area contributed by atoms with Crippen LogP contribution in [0.3, 0.4) is 0 Å². The molecule has 0 aliphatic heterocycles. The van der Waals surface area contributed by atoms with E-state index in [1.165, 1.54) is 12.8 Å². The van der Waals surface area contributed by atoms with Crippen molar-refractivity contribution in [2.75, 3.05) is 6.54 Å². The molecule has 2 rings (SSSR count). The van der Waals surface area contributed by atoms with Crippen LogP contribution in [0.25, 0.3) is 0 Å². The monoisotopic (exact) mass is 208 g/mol. The summed E-state index contributed by atoms with van der Waals surface area (Å²) < 4.78 is 1.69. The first-order chi connectivity index (χ1) is 7.18. The summed E-state index contributed by atoms with van der Waals surface area (Å²) in [5.74, 6) is 0.878. The standard InChI is InChI=1S/C10H16N4O/c1-14-5-4-12-9(14)10(15)13-6-8(11)7-2-3-7/h4-5,7-8H,2-3,6,11H2,1H3,(H,13,15). The van der Waals surface area contributed by atoms with Gasteiger partial charge in [-0.15, -0.1) is 0 Å². The molecular formula is C10H16N4O. The van der Waals surface area contributed by atoms with Crippen molar-refractivity contribution in [3.8, 4) is 0 Å². The van der Waals surface area contributed by atoms with Crippen molar-refractivity contribution >= 4 is 5.91 Å². The molecular weight excluding hydrogens is 192 g/mol. The van der Waals surface area contributed by atoms with Crippen molar-refractivity contribution in [2.24, 2.45) is 18.7 Å². The van der Waals surface area contributed by atoms with Crippen LogP contribution in [-0.4, -0.2) is 28.0 Å². The van der Waals surface area contributed by atoms with Crippen molar-refractivity contribution in [1.82, 2.24) is 14.9 Å². The molecule has 1 fully saturated rings. The van der Waals surface area contributed by atoms with Gasteiger partial charge < -0.3 is 15.6 Å². The van der Waals surface area contributed by atoms with E-state index in [9.17, 15) is 4.79 Å². The predicted molar refractivity (Wildman–Crippen MR) is 56.2 cm³/mol. The first-order valence-electron chi connectivity index (χ1n) is 5.19. The second kappa shape index (κ2) is 4.02. The van der Waals surface area contributed by atoms with Crippen molar-refractivity contribution in [3.05, 3.63) is 18.2 Å². The van der Waals surface area contributed by atoms with E-state index < -0.39 is 0 Å². The van der Waals surface area contributed by atoms with Crippen LogP contribution in [0.15, 0.2) is 12.4 Å². The zero-order valence-electron chi connectivity index (χ0n) is 8.81. The van der Waals surface area contributed by atoms with Gasteiger partial charge in [0.2, 0.25) is 0 Å². The topological polar surface area (TPSA) is 72.9 Å². The van der Waals surface area contributed by atoms with Crippen LogP contribution in [0.2, 0.25) is 0 Å². The molecule has 0 radical (unpaired) electrons. The fourth-order valence-electron chi connectivity index (χ4n) is 1.57. The van der Waals surface area contributed by atoms with Gasteiger partial charge in [0.05, 0.1) is 0 Å². The third-order valence-electron chi connectivity index (χ3n) is 2.75. The molecule has 1 aliphatic rings. The van der Waals surface area contributed by atoms with Crippen LogP contribution < -0.4 is 11.1 Å². The molecule has 0 spiro atoms. The molecule has 5 nitrogen and oxygen atoms in total. The summed E-state index contributed by atoms with van der Waals surface area (Å²) in [5, 5.41) is 2.80. The molecule has 1 aromatic heterocycles. The number of aromatic nitrogens is 2. The molecule has 82 valence electrons. The third-order valence-corrected chi connectivity index (χ3v) is 2.75. The molecule has 1 unspecified atom stereocenters. The van der Waals surface area contributed by atoms with Gasteiger partial charge in [-0.1, -0.05) is 0 Å². The van der Waals surface area contributed by atoms with Gasteiger partial charge in [-0.05, 0) is 18.8 Å². The van der Waals surface area contributed by atoms with E-state index in [4.69, 9.17) is 5.73 Å². The predicted octanol–water partition coefficient (Wildman–Crippen LogP) is -0.113. The molecule has 1 atom stereocenters. The average Bonchev–Trinajstić information content (AvgIpc) is 2.98. The highest BCUT2D eigenvalue weighted by atomic mass is 16.2. The molecule has 1 aromatic rings. The first-order valence-corrected chi connectivity index (χ1v) is 5.19. The Morgan fingerprint density at radius 1 is 1.80 bits per heavy atom. The fourth-order valence-corrected chi connectivity index (χ4v) is 1.57. The summed E-state index contributed by atoms with van der Waals surface area (Å²) in [4.78, 5) is 15.6. The zero-order chi connectivity index (χ0) is 10.8. The smallest absolute Gasteiger partial charge is 0.287 e. The van der Waals surface area contributed by atoms with E-state index >= 15 is 0 Å². The number of rotatable bonds is 4. The van der Waals surface area contributed by atoms with Crippen molar-refractivity contribution < 1.29 is 4.79 Å². The lowest BCUT2D eigenvalue weighted by Gasteiger charge is -2.11. The molecule has 0 bridgehead atoms. The Kier molecular flexibility index (Phi) is 2.73. The Bertz CT molecular complexity index is 356. The Morgan fingerprint density at radius 3 is 3.07 bits per heavy atom. The normalized spacial score (nSPS) is 17.5. The number of nitrogens with two attached hydrogens (primary N) is 1. The number of carbonyl (C=O) groups excluding carboxylic acids is 1. The molecule has 1 saturated carbocycles. The van der Waals surface area contributed by atoms with Gasteiger partial charge in [0, 0.05) is 32.0 Å². The number of aryl methyl sites for hydroxylation is 1. The zero-order valence-corrected chi connectivity index (χ0v) is 8.81. The Balaban J connectivity index is 1.84. The third kappa shape index (κ3) is 2.36. The minimum atomic E-state index is -0.154. The van der Waals surface area contributed by atoms with Gasteiger partial charge >= 0.3 is 0 Å². The SMILES string of the molecule is Cn1ccnc1C(=O)NCC(N)C1CC1. The van der Waals surface area contributed by atoms with Crippen LogP contribution in [-0.2, 0) is 7.05 Å². The highest BCUT2D eigenvalue weighted by molar-refractivity contribution is 5.90. The van der Waals surface area contributed by atoms with E-state index in [1.807, 2.05) is 0 Å². The second-order valence-corrected chi connectivity index (χ2v) is 4.07. The Morgan fingerprint density at radius 2 is 2.53 bits per heavy atom. The number of imidazole rings is 1. The van der Waals surface area contributed by atoms with Crippen molar-refractivity contribution in [2.45, 2.75) is 18.9 Å². The molecule has 5 heteroatoms. The van der Waals surface area contributed by atoms with E-state index in [2.05, 4.69) is 10.3 Å². The van der Waals surface area contributed by atoms with Gasteiger partial charge in [-0.3, -0.25) is 4.79 Å². The highest BCUT2D eigenvalue weighted by Crippen LogP contribution is 2.31. The number of hydrogen-bond acceptors (Lipinski definition) is 3. The molecule has 0 saturated heterocycles. The maximum Gasteiger partial charge on any atom is 0.287 e. The summed E-state index contributed by atoms with van der Waals surface area (Å²) in [6.45, 7) is 0.538. The average molecular weight is 208 g/mol. The van der Waals surface area contributed by atoms with Crippen LogP contribution >= 0.6 is 0 Å². The number of amides is 1. The summed E-state index contributed by atoms with van der Waals surface area (Å²) in [7, 11) is 1.79. The molecule has 15 heavy (non-hydrogen) atoms. The molecule has 1 aliphatic carbocycles. The molecule has 0 aromatic carbocycles. The number of carbonyl (C=O) groups is 1. The Labute approximate surface area is 88.7 Å². The van der Waals surface area contributed by atoms with Crippen molar-refractivity contribution in [1.29, 1.82) is 0 Å². The maximum atomic E-state index is 11.6. The van der Waals surface area contributed by atoms with Gasteiger partial charge in [0.1, 0.15) is 0 Å². The first kappa shape index (κ1) is 10.2. The second-order valence-electron chi connectivity index (χ2n) is 4.07. The lowest BCUT2D eigenvalue weighted by Crippen LogP contribution is -2.39. The quantitative estimate of drug-likeness (QED) is 0.725. The van der Waals surface area contributed by atoms with Crippen molar-refractivity contribution in [3.63, 3.8) is 0 Å². The van der Waals surface area contributed by atoms with Gasteiger partial charge in [0.15, 0.2) is 5.82 Å². The van der Waals surface area contributed by atoms with Crippen LogP contribution in [0.4, 0.5) is 0 Å². The largest absolute Gasteiger partial charge is 0.348 e. The number of hydrogen-bond donors (Lipinski definition) is 2. The number of nitrogens with zero attached hydrogens (tertiary/aromatic N) is 2. The van der Waals surface area contributed by atoms with Gasteiger partial charge in [-0.25, -0.2) is 4.98 Å². The fraction of sp³-hybridized carbons (Fsp3) is 0.600. The van der Waals surface area contributed by atoms with Crippen LogP contribution in [0, 0.1) is 5.92 Å². The Hall–Kier alpha value is -1.36. The molecule has 3 N–H and O–H groups in total. The summed E-state index contributed by atoms with van der Waals surface area (Å²) >= 11 is 0. The van der Waals surface area contributed by atoms with Gasteiger partial charge in [0.25, 0.3) is 5.91 Å². The van der Waals surface area contributed by atoms with E-state index in [0.29, 0.717) is 18.3 Å².